The molecule has 0 radical (unpaired) electrons. The molecule has 0 fully saturated rings. The van der Waals surface area contributed by atoms with Crippen molar-refractivity contribution in [2.24, 2.45) is 0 Å². The Morgan fingerprint density at radius 2 is 1.72 bits per heavy atom. The molecule has 0 aliphatic rings. The number of fused-ring (bicyclic) bond motifs is 3. The van der Waals surface area contributed by atoms with Crippen molar-refractivity contribution in [3.05, 3.63) is 96.8 Å². The van der Waals surface area contributed by atoms with Crippen LogP contribution in [0.2, 0.25) is 0 Å². The number of rotatable bonds is 3. The quantitative estimate of drug-likeness (QED) is 0.356. The van der Waals surface area contributed by atoms with Gasteiger partial charge in [0.25, 0.3) is 0 Å². The molecular formula is C26H18FN5. The molecule has 6 rings (SSSR count). The van der Waals surface area contributed by atoms with E-state index in [1.165, 1.54) is 6.07 Å². The molecule has 3 aromatic heterocycles. The zero-order chi connectivity index (χ0) is 21.7. The molecule has 3 aromatic carbocycles. The van der Waals surface area contributed by atoms with Crippen LogP contribution in [0.1, 0.15) is 18.5 Å². The first-order valence-corrected chi connectivity index (χ1v) is 10.4. The van der Waals surface area contributed by atoms with Gasteiger partial charge in [-0.25, -0.2) is 19.3 Å². The van der Waals surface area contributed by atoms with Crippen molar-refractivity contribution >= 4 is 33.0 Å². The summed E-state index contributed by atoms with van der Waals surface area (Å²) < 4.78 is 16.6. The van der Waals surface area contributed by atoms with E-state index in [4.69, 9.17) is 4.98 Å². The lowest BCUT2D eigenvalue weighted by atomic mass is 10.0. The maximum atomic E-state index is 14.7. The standard InChI is InChI=1S/C26H18FN5/c1-16(19-12-18-8-5-11-28-24(18)22(27)13-19)32-15-30-25-26(32)31-23(14-29-25)21-10-4-7-17-6-2-3-9-20(17)21/h2-16H,1H3. The molecule has 0 aliphatic carbocycles. The number of hydrogen-bond donors (Lipinski definition) is 0. The molecule has 0 aliphatic heterocycles. The predicted molar refractivity (Wildman–Crippen MR) is 124 cm³/mol. The van der Waals surface area contributed by atoms with Crippen LogP contribution < -0.4 is 0 Å². The number of imidazole rings is 1. The molecule has 32 heavy (non-hydrogen) atoms. The van der Waals surface area contributed by atoms with E-state index in [2.05, 4.69) is 33.2 Å². The maximum Gasteiger partial charge on any atom is 0.197 e. The highest BCUT2D eigenvalue weighted by Crippen LogP contribution is 2.30. The molecule has 0 amide bonds. The topological polar surface area (TPSA) is 56.5 Å². The normalized spacial score (nSPS) is 12.6. The molecule has 1 atom stereocenters. The van der Waals surface area contributed by atoms with E-state index in [1.54, 1.807) is 18.7 Å². The average Bonchev–Trinajstić information content (AvgIpc) is 3.26. The van der Waals surface area contributed by atoms with Gasteiger partial charge in [0.05, 0.1) is 24.3 Å². The van der Waals surface area contributed by atoms with Gasteiger partial charge in [-0.3, -0.25) is 4.98 Å². The molecule has 0 bridgehead atoms. The Morgan fingerprint density at radius 1 is 0.875 bits per heavy atom. The minimum Gasteiger partial charge on any atom is -0.307 e. The van der Waals surface area contributed by atoms with Crippen LogP contribution in [0.3, 0.4) is 0 Å². The molecule has 6 heteroatoms. The molecular weight excluding hydrogens is 401 g/mol. The summed E-state index contributed by atoms with van der Waals surface area (Å²) in [5, 5.41) is 3.03. The molecule has 5 nitrogen and oxygen atoms in total. The van der Waals surface area contributed by atoms with Crippen LogP contribution >= 0.6 is 0 Å². The molecule has 0 N–H and O–H groups in total. The van der Waals surface area contributed by atoms with Crippen molar-refractivity contribution < 1.29 is 4.39 Å². The number of aromatic nitrogens is 5. The average molecular weight is 419 g/mol. The predicted octanol–water partition coefficient (Wildman–Crippen LogP) is 5.94. The lowest BCUT2D eigenvalue weighted by Crippen LogP contribution is -2.07. The van der Waals surface area contributed by atoms with Crippen molar-refractivity contribution in [1.82, 2.24) is 24.5 Å². The highest BCUT2D eigenvalue weighted by molar-refractivity contribution is 5.96. The summed E-state index contributed by atoms with van der Waals surface area (Å²) in [6, 6.07) is 21.4. The smallest absolute Gasteiger partial charge is 0.197 e. The zero-order valence-electron chi connectivity index (χ0n) is 17.3. The first-order chi connectivity index (χ1) is 15.7. The van der Waals surface area contributed by atoms with E-state index in [1.807, 2.05) is 54.0 Å². The largest absolute Gasteiger partial charge is 0.307 e. The van der Waals surface area contributed by atoms with E-state index in [0.717, 1.165) is 33.0 Å². The van der Waals surface area contributed by atoms with Gasteiger partial charge < -0.3 is 4.57 Å². The van der Waals surface area contributed by atoms with Crippen molar-refractivity contribution in [2.75, 3.05) is 0 Å². The molecule has 0 saturated heterocycles. The Balaban J connectivity index is 1.49. The van der Waals surface area contributed by atoms with Gasteiger partial charge in [-0.15, -0.1) is 0 Å². The van der Waals surface area contributed by atoms with Crippen molar-refractivity contribution in [1.29, 1.82) is 0 Å². The maximum absolute atomic E-state index is 14.7. The van der Waals surface area contributed by atoms with E-state index in [-0.39, 0.29) is 11.9 Å². The summed E-state index contributed by atoms with van der Waals surface area (Å²) >= 11 is 0. The van der Waals surface area contributed by atoms with Crippen LogP contribution in [0.15, 0.2) is 85.5 Å². The van der Waals surface area contributed by atoms with E-state index in [0.29, 0.717) is 16.8 Å². The van der Waals surface area contributed by atoms with Crippen molar-refractivity contribution in [3.63, 3.8) is 0 Å². The third-order valence-electron chi connectivity index (χ3n) is 5.93. The fourth-order valence-electron chi connectivity index (χ4n) is 4.24. The zero-order valence-corrected chi connectivity index (χ0v) is 17.3. The van der Waals surface area contributed by atoms with Gasteiger partial charge in [0.2, 0.25) is 0 Å². The first-order valence-electron chi connectivity index (χ1n) is 10.4. The fourth-order valence-corrected chi connectivity index (χ4v) is 4.24. The lowest BCUT2D eigenvalue weighted by molar-refractivity contribution is 0.616. The Hall–Kier alpha value is -4.19. The summed E-state index contributed by atoms with van der Waals surface area (Å²) in [4.78, 5) is 18.0. The summed E-state index contributed by atoms with van der Waals surface area (Å²) in [6.45, 7) is 2.00. The Bertz CT molecular complexity index is 1620. The van der Waals surface area contributed by atoms with Crippen LogP contribution in [0.5, 0.6) is 0 Å². The van der Waals surface area contributed by atoms with E-state index >= 15 is 0 Å². The van der Waals surface area contributed by atoms with Gasteiger partial charge in [0.15, 0.2) is 11.3 Å². The number of halogens is 1. The fraction of sp³-hybridized carbons (Fsp3) is 0.0769. The second-order valence-corrected chi connectivity index (χ2v) is 7.83. The summed E-state index contributed by atoms with van der Waals surface area (Å²) in [6.07, 6.45) is 5.07. The molecule has 3 heterocycles. The first kappa shape index (κ1) is 18.6. The van der Waals surface area contributed by atoms with E-state index in [9.17, 15) is 4.39 Å². The van der Waals surface area contributed by atoms with E-state index < -0.39 is 0 Å². The lowest BCUT2D eigenvalue weighted by Gasteiger charge is -2.16. The minimum absolute atomic E-state index is 0.184. The van der Waals surface area contributed by atoms with Crippen LogP contribution in [0.4, 0.5) is 4.39 Å². The van der Waals surface area contributed by atoms with Gasteiger partial charge in [-0.2, -0.15) is 0 Å². The minimum atomic E-state index is -0.336. The summed E-state index contributed by atoms with van der Waals surface area (Å²) in [7, 11) is 0. The number of pyridine rings is 1. The van der Waals surface area contributed by atoms with Gasteiger partial charge >= 0.3 is 0 Å². The third kappa shape index (κ3) is 2.92. The Morgan fingerprint density at radius 3 is 2.66 bits per heavy atom. The number of hydrogen-bond acceptors (Lipinski definition) is 4. The molecule has 0 saturated carbocycles. The highest BCUT2D eigenvalue weighted by atomic mass is 19.1. The SMILES string of the molecule is CC(c1cc(F)c2ncccc2c1)n1cnc2ncc(-c3cccc4ccccc34)nc21. The second kappa shape index (κ2) is 7.20. The highest BCUT2D eigenvalue weighted by Gasteiger charge is 2.17. The second-order valence-electron chi connectivity index (χ2n) is 7.83. The Labute approximate surface area is 183 Å². The number of benzene rings is 3. The van der Waals surface area contributed by atoms with Crippen LogP contribution in [0.25, 0.3) is 44.2 Å². The Kier molecular flexibility index (Phi) is 4.18. The molecule has 154 valence electrons. The summed E-state index contributed by atoms with van der Waals surface area (Å²) in [5.41, 5.74) is 4.20. The van der Waals surface area contributed by atoms with Crippen LogP contribution in [-0.2, 0) is 0 Å². The van der Waals surface area contributed by atoms with Gasteiger partial charge in [0, 0.05) is 17.1 Å². The van der Waals surface area contributed by atoms with Gasteiger partial charge in [0.1, 0.15) is 11.3 Å². The number of nitrogens with zero attached hydrogens (tertiary/aromatic N) is 5. The van der Waals surface area contributed by atoms with Gasteiger partial charge in [-0.05, 0) is 41.5 Å². The third-order valence-corrected chi connectivity index (χ3v) is 5.93. The van der Waals surface area contributed by atoms with Crippen LogP contribution in [0, 0.1) is 5.82 Å². The van der Waals surface area contributed by atoms with Crippen molar-refractivity contribution in [2.45, 2.75) is 13.0 Å². The monoisotopic (exact) mass is 419 g/mol. The van der Waals surface area contributed by atoms with Crippen molar-refractivity contribution in [3.8, 4) is 11.3 Å². The summed E-state index contributed by atoms with van der Waals surface area (Å²) in [5.74, 6) is -0.336. The molecule has 0 spiro atoms. The molecule has 1 unspecified atom stereocenters. The molecule has 6 aromatic rings. The van der Waals surface area contributed by atoms with Gasteiger partial charge in [-0.1, -0.05) is 48.5 Å². The van der Waals surface area contributed by atoms with Crippen LogP contribution in [-0.4, -0.2) is 24.5 Å².